The summed E-state index contributed by atoms with van der Waals surface area (Å²) >= 11 is 0. The zero-order valence-corrected chi connectivity index (χ0v) is 14.6. The van der Waals surface area contributed by atoms with E-state index in [2.05, 4.69) is 17.1 Å². The van der Waals surface area contributed by atoms with Crippen molar-refractivity contribution in [2.75, 3.05) is 6.54 Å². The van der Waals surface area contributed by atoms with Crippen LogP contribution >= 0.6 is 0 Å². The number of ether oxygens (including phenoxy) is 1. The van der Waals surface area contributed by atoms with E-state index in [1.54, 1.807) is 12.4 Å². The maximum absolute atomic E-state index is 13.0. The van der Waals surface area contributed by atoms with Crippen molar-refractivity contribution in [3.63, 3.8) is 0 Å². The van der Waals surface area contributed by atoms with Crippen molar-refractivity contribution in [2.45, 2.75) is 51.2 Å². The van der Waals surface area contributed by atoms with Crippen LogP contribution in [0, 0.1) is 0 Å². The molecule has 4 rings (SSSR count). The molecule has 130 valence electrons. The van der Waals surface area contributed by atoms with Crippen LogP contribution in [0.4, 0.5) is 0 Å². The minimum absolute atomic E-state index is 0.0693. The summed E-state index contributed by atoms with van der Waals surface area (Å²) in [5.74, 6) is 0.876. The van der Waals surface area contributed by atoms with Gasteiger partial charge in [-0.3, -0.25) is 9.78 Å². The van der Waals surface area contributed by atoms with Gasteiger partial charge in [0.05, 0.1) is 6.04 Å². The van der Waals surface area contributed by atoms with Crippen LogP contribution in [0.1, 0.15) is 48.9 Å². The van der Waals surface area contributed by atoms with Crippen molar-refractivity contribution >= 4 is 5.91 Å². The topological polar surface area (TPSA) is 42.4 Å². The summed E-state index contributed by atoms with van der Waals surface area (Å²) in [7, 11) is 0. The molecule has 4 heteroatoms. The van der Waals surface area contributed by atoms with Gasteiger partial charge in [-0.15, -0.1) is 0 Å². The Kier molecular flexibility index (Phi) is 4.43. The molecule has 1 aromatic carbocycles. The molecular formula is C21H24N2O2. The van der Waals surface area contributed by atoms with E-state index in [-0.39, 0.29) is 11.9 Å². The molecule has 1 saturated heterocycles. The summed E-state index contributed by atoms with van der Waals surface area (Å²) < 4.78 is 5.99. The Bertz CT molecular complexity index is 760. The second-order valence-corrected chi connectivity index (χ2v) is 7.01. The van der Waals surface area contributed by atoms with Gasteiger partial charge in [0, 0.05) is 18.9 Å². The third kappa shape index (κ3) is 3.26. The van der Waals surface area contributed by atoms with E-state index >= 15 is 0 Å². The van der Waals surface area contributed by atoms with Crippen LogP contribution in [0.2, 0.25) is 0 Å². The van der Waals surface area contributed by atoms with Gasteiger partial charge in [0.25, 0.3) is 5.91 Å². The van der Waals surface area contributed by atoms with E-state index in [0.29, 0.717) is 0 Å². The maximum Gasteiger partial charge on any atom is 0.263 e. The summed E-state index contributed by atoms with van der Waals surface area (Å²) in [6.07, 6.45) is 8.64. The highest BCUT2D eigenvalue weighted by atomic mass is 16.5. The molecule has 1 aromatic heterocycles. The molecule has 0 N–H and O–H groups in total. The summed E-state index contributed by atoms with van der Waals surface area (Å²) in [5, 5.41) is 0. The number of hydrogen-bond donors (Lipinski definition) is 0. The minimum atomic E-state index is -0.470. The van der Waals surface area contributed by atoms with Gasteiger partial charge >= 0.3 is 0 Å². The fourth-order valence-corrected chi connectivity index (χ4v) is 4.07. The molecule has 1 amide bonds. The van der Waals surface area contributed by atoms with Crippen molar-refractivity contribution in [1.82, 2.24) is 9.88 Å². The van der Waals surface area contributed by atoms with Gasteiger partial charge in [0.1, 0.15) is 5.75 Å². The molecule has 0 radical (unpaired) electrons. The molecule has 2 aromatic rings. The first-order chi connectivity index (χ1) is 12.2. The van der Waals surface area contributed by atoms with Crippen LogP contribution in [0.25, 0.3) is 0 Å². The Morgan fingerprint density at radius 1 is 1.16 bits per heavy atom. The molecule has 0 spiro atoms. The van der Waals surface area contributed by atoms with Crippen molar-refractivity contribution < 1.29 is 9.53 Å². The Morgan fingerprint density at radius 2 is 1.96 bits per heavy atom. The standard InChI is InChI=1S/C21H24N2O2/c1-15(25-19-8-7-16-4-2-5-18(16)14-19)21(24)23-13-3-6-20(23)17-9-11-22-12-10-17/h7-12,14-15,20H,2-6,13H2,1H3/t15-,20-/m0/s1. The third-order valence-corrected chi connectivity index (χ3v) is 5.36. The number of amides is 1. The van der Waals surface area contributed by atoms with E-state index in [9.17, 15) is 4.79 Å². The summed E-state index contributed by atoms with van der Waals surface area (Å²) in [6.45, 7) is 2.65. The predicted molar refractivity (Wildman–Crippen MR) is 96.5 cm³/mol. The lowest BCUT2D eigenvalue weighted by Crippen LogP contribution is -2.40. The SMILES string of the molecule is C[C@H](Oc1ccc2c(c1)CCC2)C(=O)N1CCC[C@H]1c1ccncc1. The molecule has 1 fully saturated rings. The van der Waals surface area contributed by atoms with Gasteiger partial charge in [0.15, 0.2) is 6.10 Å². The van der Waals surface area contributed by atoms with Gasteiger partial charge in [-0.2, -0.15) is 0 Å². The number of benzene rings is 1. The highest BCUT2D eigenvalue weighted by Crippen LogP contribution is 2.33. The van der Waals surface area contributed by atoms with Crippen LogP contribution in [-0.2, 0) is 17.6 Å². The first kappa shape index (κ1) is 16.1. The fourth-order valence-electron chi connectivity index (χ4n) is 4.07. The van der Waals surface area contributed by atoms with E-state index in [1.807, 2.05) is 30.0 Å². The number of pyridine rings is 1. The molecule has 25 heavy (non-hydrogen) atoms. The Labute approximate surface area is 148 Å². The zero-order valence-electron chi connectivity index (χ0n) is 14.6. The molecule has 0 unspecified atom stereocenters. The lowest BCUT2D eigenvalue weighted by atomic mass is 10.1. The van der Waals surface area contributed by atoms with Crippen LogP contribution in [0.3, 0.4) is 0 Å². The van der Waals surface area contributed by atoms with E-state index in [4.69, 9.17) is 4.74 Å². The molecule has 1 aliphatic carbocycles. The number of likely N-dealkylation sites (tertiary alicyclic amines) is 1. The summed E-state index contributed by atoms with van der Waals surface area (Å²) in [5.41, 5.74) is 3.95. The molecule has 2 aliphatic rings. The van der Waals surface area contributed by atoms with Crippen LogP contribution in [0.15, 0.2) is 42.7 Å². The highest BCUT2D eigenvalue weighted by molar-refractivity contribution is 5.81. The number of rotatable bonds is 4. The average Bonchev–Trinajstić information content (AvgIpc) is 3.30. The normalized spacial score (nSPS) is 20.4. The lowest BCUT2D eigenvalue weighted by Gasteiger charge is -2.28. The van der Waals surface area contributed by atoms with Crippen molar-refractivity contribution in [1.29, 1.82) is 0 Å². The number of fused-ring (bicyclic) bond motifs is 1. The van der Waals surface area contributed by atoms with Crippen LogP contribution in [-0.4, -0.2) is 28.4 Å². The largest absolute Gasteiger partial charge is 0.481 e. The van der Waals surface area contributed by atoms with Gasteiger partial charge in [-0.1, -0.05) is 6.07 Å². The smallest absolute Gasteiger partial charge is 0.263 e. The first-order valence-corrected chi connectivity index (χ1v) is 9.21. The minimum Gasteiger partial charge on any atom is -0.481 e. The van der Waals surface area contributed by atoms with Crippen LogP contribution in [0.5, 0.6) is 5.75 Å². The zero-order chi connectivity index (χ0) is 17.2. The molecule has 4 nitrogen and oxygen atoms in total. The number of aromatic nitrogens is 1. The second kappa shape index (κ2) is 6.87. The number of hydrogen-bond acceptors (Lipinski definition) is 3. The number of aryl methyl sites for hydroxylation is 2. The second-order valence-electron chi connectivity index (χ2n) is 7.01. The van der Waals surface area contributed by atoms with Crippen LogP contribution < -0.4 is 4.74 Å². The molecular weight excluding hydrogens is 312 g/mol. The van der Waals surface area contributed by atoms with Gasteiger partial charge in [-0.05, 0) is 80.0 Å². The van der Waals surface area contributed by atoms with E-state index in [1.165, 1.54) is 17.5 Å². The Balaban J connectivity index is 1.46. The lowest BCUT2D eigenvalue weighted by molar-refractivity contribution is -0.138. The monoisotopic (exact) mass is 336 g/mol. The number of carbonyl (C=O) groups is 1. The van der Waals surface area contributed by atoms with E-state index < -0.39 is 6.10 Å². The predicted octanol–water partition coefficient (Wildman–Crippen LogP) is 3.70. The molecule has 2 atom stereocenters. The van der Waals surface area contributed by atoms with Gasteiger partial charge in [0.2, 0.25) is 0 Å². The van der Waals surface area contributed by atoms with Gasteiger partial charge in [-0.25, -0.2) is 0 Å². The van der Waals surface area contributed by atoms with Crippen molar-refractivity contribution in [2.24, 2.45) is 0 Å². The van der Waals surface area contributed by atoms with Crippen molar-refractivity contribution in [3.8, 4) is 5.75 Å². The average molecular weight is 336 g/mol. The quantitative estimate of drug-likeness (QED) is 0.855. The maximum atomic E-state index is 13.0. The van der Waals surface area contributed by atoms with E-state index in [0.717, 1.165) is 43.5 Å². The summed E-state index contributed by atoms with van der Waals surface area (Å²) in [6, 6.07) is 10.4. The number of nitrogens with zero attached hydrogens (tertiary/aromatic N) is 2. The Morgan fingerprint density at radius 3 is 2.80 bits per heavy atom. The van der Waals surface area contributed by atoms with Crippen molar-refractivity contribution in [3.05, 3.63) is 59.4 Å². The molecule has 2 heterocycles. The Hall–Kier alpha value is -2.36. The highest BCUT2D eigenvalue weighted by Gasteiger charge is 2.33. The first-order valence-electron chi connectivity index (χ1n) is 9.21. The molecule has 0 saturated carbocycles. The third-order valence-electron chi connectivity index (χ3n) is 5.36. The van der Waals surface area contributed by atoms with Gasteiger partial charge < -0.3 is 9.64 Å². The number of carbonyl (C=O) groups excluding carboxylic acids is 1. The fraction of sp³-hybridized carbons (Fsp3) is 0.429. The summed E-state index contributed by atoms with van der Waals surface area (Å²) in [4.78, 5) is 19.0. The molecule has 1 aliphatic heterocycles. The molecule has 0 bridgehead atoms.